The number of carbonyl (C=O) groups excluding carboxylic acids is 2. The summed E-state index contributed by atoms with van der Waals surface area (Å²) in [7, 11) is 1.56. The summed E-state index contributed by atoms with van der Waals surface area (Å²) in [6.07, 6.45) is 0.868. The van der Waals surface area contributed by atoms with Gasteiger partial charge < -0.3 is 24.3 Å². The molecule has 0 aliphatic carbocycles. The molecule has 31 heavy (non-hydrogen) atoms. The highest BCUT2D eigenvalue weighted by Gasteiger charge is 2.21. The first-order chi connectivity index (χ1) is 15.0. The molecule has 0 spiro atoms. The van der Waals surface area contributed by atoms with Gasteiger partial charge in [0, 0.05) is 5.56 Å². The maximum Gasteiger partial charge on any atom is 0.308 e. The minimum absolute atomic E-state index is 0.00274. The van der Waals surface area contributed by atoms with Crippen LogP contribution in [0.4, 0.5) is 0 Å². The van der Waals surface area contributed by atoms with Crippen molar-refractivity contribution in [1.29, 1.82) is 0 Å². The molecule has 0 heterocycles. The monoisotopic (exact) mass is 429 g/mol. The zero-order chi connectivity index (χ0) is 22.6. The fourth-order valence-electron chi connectivity index (χ4n) is 2.99. The van der Waals surface area contributed by atoms with Gasteiger partial charge in [0.15, 0.2) is 11.5 Å². The third-order valence-corrected chi connectivity index (χ3v) is 4.45. The number of hydrogen-bond acceptors (Lipinski definition) is 6. The predicted molar refractivity (Wildman–Crippen MR) is 118 cm³/mol. The van der Waals surface area contributed by atoms with E-state index in [4.69, 9.17) is 18.9 Å². The number of nitrogens with one attached hydrogen (secondary N) is 1. The van der Waals surface area contributed by atoms with E-state index in [1.807, 2.05) is 26.0 Å². The summed E-state index contributed by atoms with van der Waals surface area (Å²) in [5.41, 5.74) is 1.15. The highest BCUT2D eigenvalue weighted by atomic mass is 16.5. The number of amides is 1. The van der Waals surface area contributed by atoms with E-state index in [0.717, 1.165) is 12.0 Å². The van der Waals surface area contributed by atoms with Gasteiger partial charge in [-0.3, -0.25) is 9.59 Å². The quantitative estimate of drug-likeness (QED) is 0.506. The second kappa shape index (κ2) is 12.5. The molecule has 1 unspecified atom stereocenters. The van der Waals surface area contributed by atoms with Crippen molar-refractivity contribution in [3.63, 3.8) is 0 Å². The van der Waals surface area contributed by atoms with Gasteiger partial charge in [0.05, 0.1) is 39.4 Å². The van der Waals surface area contributed by atoms with Crippen LogP contribution in [0.25, 0.3) is 0 Å². The first-order valence-electron chi connectivity index (χ1n) is 10.5. The molecule has 0 aliphatic rings. The Morgan fingerprint density at radius 2 is 1.77 bits per heavy atom. The van der Waals surface area contributed by atoms with Gasteiger partial charge in [0.2, 0.25) is 0 Å². The Kier molecular flexibility index (Phi) is 9.68. The summed E-state index contributed by atoms with van der Waals surface area (Å²) in [5, 5.41) is 2.93. The third kappa shape index (κ3) is 7.20. The summed E-state index contributed by atoms with van der Waals surface area (Å²) in [4.78, 5) is 25.2. The number of hydrogen-bond donors (Lipinski definition) is 1. The van der Waals surface area contributed by atoms with Gasteiger partial charge in [0.25, 0.3) is 5.91 Å². The molecule has 0 saturated heterocycles. The number of ether oxygens (including phenoxy) is 4. The average Bonchev–Trinajstić information content (AvgIpc) is 2.78. The molecule has 2 aromatic carbocycles. The minimum atomic E-state index is -0.576. The number of carbonyl (C=O) groups is 2. The highest BCUT2D eigenvalue weighted by Crippen LogP contribution is 2.29. The van der Waals surface area contributed by atoms with Crippen molar-refractivity contribution in [3.8, 4) is 17.2 Å². The maximum absolute atomic E-state index is 13.0. The molecule has 0 fully saturated rings. The van der Waals surface area contributed by atoms with Crippen LogP contribution < -0.4 is 19.5 Å². The van der Waals surface area contributed by atoms with E-state index in [-0.39, 0.29) is 18.9 Å². The summed E-state index contributed by atoms with van der Waals surface area (Å²) >= 11 is 0. The molecule has 0 aromatic heterocycles. The van der Waals surface area contributed by atoms with Gasteiger partial charge in [-0.1, -0.05) is 19.1 Å². The Balaban J connectivity index is 2.27. The molecule has 0 bridgehead atoms. The molecule has 2 aromatic rings. The number of esters is 1. The molecule has 0 saturated carbocycles. The van der Waals surface area contributed by atoms with Crippen LogP contribution in [0.15, 0.2) is 42.5 Å². The van der Waals surface area contributed by atoms with E-state index in [1.54, 1.807) is 44.4 Å². The Morgan fingerprint density at radius 1 is 0.968 bits per heavy atom. The molecule has 2 rings (SSSR count). The van der Waals surface area contributed by atoms with Crippen LogP contribution in [0.2, 0.25) is 0 Å². The van der Waals surface area contributed by atoms with Gasteiger partial charge in [-0.15, -0.1) is 0 Å². The molecule has 1 N–H and O–H groups in total. The second-order valence-electron chi connectivity index (χ2n) is 6.75. The smallest absolute Gasteiger partial charge is 0.308 e. The van der Waals surface area contributed by atoms with Gasteiger partial charge in [-0.25, -0.2) is 0 Å². The van der Waals surface area contributed by atoms with Crippen molar-refractivity contribution in [2.45, 2.75) is 39.7 Å². The second-order valence-corrected chi connectivity index (χ2v) is 6.75. The predicted octanol–water partition coefficient (Wildman–Crippen LogP) is 4.31. The molecular formula is C24H31NO6. The van der Waals surface area contributed by atoms with Gasteiger partial charge >= 0.3 is 5.97 Å². The van der Waals surface area contributed by atoms with E-state index in [9.17, 15) is 9.59 Å². The van der Waals surface area contributed by atoms with E-state index >= 15 is 0 Å². The Labute approximate surface area is 183 Å². The molecule has 1 atom stereocenters. The lowest BCUT2D eigenvalue weighted by Gasteiger charge is -2.20. The molecule has 7 heteroatoms. The molecule has 7 nitrogen and oxygen atoms in total. The van der Waals surface area contributed by atoms with Crippen molar-refractivity contribution in [2.24, 2.45) is 0 Å². The topological polar surface area (TPSA) is 83.1 Å². The van der Waals surface area contributed by atoms with Crippen LogP contribution in [-0.4, -0.2) is 38.8 Å². The van der Waals surface area contributed by atoms with Crippen LogP contribution in [0.1, 0.15) is 55.6 Å². The van der Waals surface area contributed by atoms with Crippen molar-refractivity contribution in [1.82, 2.24) is 5.32 Å². The maximum atomic E-state index is 13.0. The highest BCUT2D eigenvalue weighted by molar-refractivity contribution is 5.95. The van der Waals surface area contributed by atoms with Crippen molar-refractivity contribution >= 4 is 11.9 Å². The normalized spacial score (nSPS) is 11.4. The molecule has 0 aliphatic heterocycles. The summed E-state index contributed by atoms with van der Waals surface area (Å²) in [5.74, 6) is 1.01. The fourth-order valence-corrected chi connectivity index (χ4v) is 2.99. The van der Waals surface area contributed by atoms with Crippen LogP contribution in [0.5, 0.6) is 17.2 Å². The summed E-state index contributed by atoms with van der Waals surface area (Å²) < 4.78 is 21.7. The number of rotatable bonds is 12. The van der Waals surface area contributed by atoms with Crippen LogP contribution in [0.3, 0.4) is 0 Å². The molecular weight excluding hydrogens is 398 g/mol. The van der Waals surface area contributed by atoms with Gasteiger partial charge in [-0.2, -0.15) is 0 Å². The van der Waals surface area contributed by atoms with Gasteiger partial charge in [-0.05, 0) is 56.2 Å². The zero-order valence-corrected chi connectivity index (χ0v) is 18.6. The minimum Gasteiger partial charge on any atom is -0.497 e. The largest absolute Gasteiger partial charge is 0.497 e. The summed E-state index contributed by atoms with van der Waals surface area (Å²) in [6.45, 7) is 6.91. The fraction of sp³-hybridized carbons (Fsp3) is 0.417. The first kappa shape index (κ1) is 24.1. The third-order valence-electron chi connectivity index (χ3n) is 4.45. The van der Waals surface area contributed by atoms with Crippen LogP contribution in [-0.2, 0) is 9.53 Å². The van der Waals surface area contributed by atoms with Gasteiger partial charge in [0.1, 0.15) is 5.75 Å². The molecule has 0 radical (unpaired) electrons. The standard InChI is InChI=1S/C24H31NO6/c1-5-13-31-21-12-11-18(15-22(21)29-6-2)24(27)25-20(16-23(26)30-7-3)17-9-8-10-19(14-17)28-4/h8-12,14-15,20H,5-7,13,16H2,1-4H3,(H,25,27). The Hall–Kier alpha value is -3.22. The first-order valence-corrected chi connectivity index (χ1v) is 10.5. The van der Waals surface area contributed by atoms with E-state index < -0.39 is 12.0 Å². The van der Waals surface area contributed by atoms with E-state index in [1.165, 1.54) is 0 Å². The molecule has 1 amide bonds. The van der Waals surface area contributed by atoms with Crippen LogP contribution in [0, 0.1) is 0 Å². The molecule has 168 valence electrons. The van der Waals surface area contributed by atoms with Crippen molar-refractivity contribution in [3.05, 3.63) is 53.6 Å². The SMILES string of the molecule is CCCOc1ccc(C(=O)NC(CC(=O)OCC)c2cccc(OC)c2)cc1OCC. The summed E-state index contributed by atoms with van der Waals surface area (Å²) in [6, 6.07) is 11.7. The van der Waals surface area contributed by atoms with Crippen molar-refractivity contribution < 1.29 is 28.5 Å². The zero-order valence-electron chi connectivity index (χ0n) is 18.6. The van der Waals surface area contributed by atoms with E-state index in [2.05, 4.69) is 5.32 Å². The lowest BCUT2D eigenvalue weighted by atomic mass is 10.0. The van der Waals surface area contributed by atoms with Crippen LogP contribution >= 0.6 is 0 Å². The lowest BCUT2D eigenvalue weighted by Crippen LogP contribution is -2.30. The Morgan fingerprint density at radius 3 is 2.45 bits per heavy atom. The average molecular weight is 430 g/mol. The van der Waals surface area contributed by atoms with Crippen molar-refractivity contribution in [2.75, 3.05) is 26.9 Å². The Bertz CT molecular complexity index is 867. The number of benzene rings is 2. The van der Waals surface area contributed by atoms with E-state index in [0.29, 0.717) is 36.0 Å². The number of methoxy groups -OCH3 is 1. The lowest BCUT2D eigenvalue weighted by molar-refractivity contribution is -0.143.